The molecule has 1 aromatic heterocycles. The SMILES string of the molecule is CN1CCc2c(c3cc(-c4ccccc4)ccc3n2CCCCCC(=O)NO)C1. The Morgan fingerprint density at radius 1 is 1.07 bits per heavy atom. The summed E-state index contributed by atoms with van der Waals surface area (Å²) in [6.45, 7) is 3.06. The maximum atomic E-state index is 11.2. The molecular weight excluding hydrogens is 362 g/mol. The number of rotatable bonds is 7. The number of benzene rings is 2. The van der Waals surface area contributed by atoms with Gasteiger partial charge in [0.15, 0.2) is 0 Å². The van der Waals surface area contributed by atoms with Crippen molar-refractivity contribution in [3.05, 3.63) is 59.8 Å². The number of carbonyl (C=O) groups is 1. The van der Waals surface area contributed by atoms with E-state index in [2.05, 4.69) is 65.0 Å². The molecule has 2 heterocycles. The van der Waals surface area contributed by atoms with Gasteiger partial charge in [-0.25, -0.2) is 5.48 Å². The highest BCUT2D eigenvalue weighted by Gasteiger charge is 2.22. The molecule has 0 radical (unpaired) electrons. The molecule has 0 atom stereocenters. The number of fused-ring (bicyclic) bond motifs is 3. The molecule has 2 N–H and O–H groups in total. The predicted molar refractivity (Wildman–Crippen MR) is 116 cm³/mol. The Bertz CT molecular complexity index is 994. The number of likely N-dealkylation sites (N-methyl/N-ethyl adjacent to an activating group) is 1. The van der Waals surface area contributed by atoms with Crippen molar-refractivity contribution in [2.75, 3.05) is 13.6 Å². The van der Waals surface area contributed by atoms with Crippen molar-refractivity contribution < 1.29 is 10.0 Å². The molecular formula is C24H29N3O2. The van der Waals surface area contributed by atoms with Gasteiger partial charge in [0.05, 0.1) is 0 Å². The first-order valence-electron chi connectivity index (χ1n) is 10.5. The average molecular weight is 392 g/mol. The zero-order valence-electron chi connectivity index (χ0n) is 17.0. The van der Waals surface area contributed by atoms with Crippen LogP contribution in [0.15, 0.2) is 48.5 Å². The largest absolute Gasteiger partial charge is 0.344 e. The lowest BCUT2D eigenvalue weighted by atomic mass is 10.0. The van der Waals surface area contributed by atoms with Crippen molar-refractivity contribution in [3.63, 3.8) is 0 Å². The number of hydrogen-bond donors (Lipinski definition) is 2. The molecule has 0 fully saturated rings. The van der Waals surface area contributed by atoms with Crippen molar-refractivity contribution in [1.82, 2.24) is 14.9 Å². The number of aryl methyl sites for hydroxylation is 1. The number of hydroxylamine groups is 1. The maximum Gasteiger partial charge on any atom is 0.243 e. The molecule has 1 amide bonds. The van der Waals surface area contributed by atoms with Crippen LogP contribution in [0.4, 0.5) is 0 Å². The highest BCUT2D eigenvalue weighted by Crippen LogP contribution is 2.34. The normalized spacial score (nSPS) is 14.1. The maximum absolute atomic E-state index is 11.2. The predicted octanol–water partition coefficient (Wildman–Crippen LogP) is 4.36. The zero-order chi connectivity index (χ0) is 20.2. The van der Waals surface area contributed by atoms with Crippen LogP contribution in [0.25, 0.3) is 22.0 Å². The van der Waals surface area contributed by atoms with Gasteiger partial charge in [-0.2, -0.15) is 0 Å². The fraction of sp³-hybridized carbons (Fsp3) is 0.375. The number of amides is 1. The van der Waals surface area contributed by atoms with Crippen LogP contribution in [-0.2, 0) is 24.3 Å². The fourth-order valence-corrected chi connectivity index (χ4v) is 4.44. The monoisotopic (exact) mass is 391 g/mol. The van der Waals surface area contributed by atoms with Gasteiger partial charge in [-0.3, -0.25) is 10.0 Å². The highest BCUT2D eigenvalue weighted by molar-refractivity contribution is 5.90. The first-order valence-corrected chi connectivity index (χ1v) is 10.5. The smallest absolute Gasteiger partial charge is 0.243 e. The quantitative estimate of drug-likeness (QED) is 0.357. The zero-order valence-corrected chi connectivity index (χ0v) is 17.0. The van der Waals surface area contributed by atoms with E-state index < -0.39 is 0 Å². The molecule has 4 rings (SSSR count). The summed E-state index contributed by atoms with van der Waals surface area (Å²) in [5.41, 5.74) is 8.48. The first kappa shape index (κ1) is 19.7. The number of unbranched alkanes of at least 4 members (excludes halogenated alkanes) is 2. The standard InChI is InChI=1S/C24H29N3O2/c1-26-15-13-23-21(17-26)20-16-19(18-8-4-2-5-9-18)11-12-22(20)27(23)14-7-3-6-10-24(28)25-29/h2,4-5,8-9,11-12,16,29H,3,6-7,10,13-15,17H2,1H3,(H,25,28). The van der Waals surface area contributed by atoms with Crippen molar-refractivity contribution >= 4 is 16.8 Å². The molecule has 29 heavy (non-hydrogen) atoms. The fourth-order valence-electron chi connectivity index (χ4n) is 4.44. The van der Waals surface area contributed by atoms with Gasteiger partial charge in [0.1, 0.15) is 0 Å². The summed E-state index contributed by atoms with van der Waals surface area (Å²) in [4.78, 5) is 13.6. The van der Waals surface area contributed by atoms with E-state index in [1.807, 2.05) is 0 Å². The van der Waals surface area contributed by atoms with Crippen LogP contribution in [0.3, 0.4) is 0 Å². The minimum atomic E-state index is -0.301. The number of hydrogen-bond acceptors (Lipinski definition) is 3. The Kier molecular flexibility index (Phi) is 5.97. The second-order valence-electron chi connectivity index (χ2n) is 8.01. The summed E-state index contributed by atoms with van der Waals surface area (Å²) >= 11 is 0. The van der Waals surface area contributed by atoms with Gasteiger partial charge in [0.2, 0.25) is 5.91 Å². The topological polar surface area (TPSA) is 57.5 Å². The Morgan fingerprint density at radius 2 is 1.90 bits per heavy atom. The van der Waals surface area contributed by atoms with Crippen LogP contribution >= 0.6 is 0 Å². The van der Waals surface area contributed by atoms with Gasteiger partial charge in [0, 0.05) is 49.1 Å². The van der Waals surface area contributed by atoms with E-state index in [-0.39, 0.29) is 5.91 Å². The molecule has 0 saturated heterocycles. The molecule has 1 aliphatic rings. The minimum absolute atomic E-state index is 0.301. The molecule has 1 aliphatic heterocycles. The van der Waals surface area contributed by atoms with Crippen molar-refractivity contribution in [3.8, 4) is 11.1 Å². The molecule has 0 bridgehead atoms. The van der Waals surface area contributed by atoms with Crippen molar-refractivity contribution in [2.45, 2.75) is 45.2 Å². The van der Waals surface area contributed by atoms with Crippen LogP contribution in [0.1, 0.15) is 36.9 Å². The molecule has 3 aromatic rings. The molecule has 0 spiro atoms. The number of nitrogens with zero attached hydrogens (tertiary/aromatic N) is 2. The minimum Gasteiger partial charge on any atom is -0.344 e. The first-order chi connectivity index (χ1) is 14.2. The van der Waals surface area contributed by atoms with Gasteiger partial charge in [0.25, 0.3) is 0 Å². The lowest BCUT2D eigenvalue weighted by Crippen LogP contribution is -2.27. The van der Waals surface area contributed by atoms with E-state index in [1.165, 1.54) is 33.3 Å². The Morgan fingerprint density at radius 3 is 2.69 bits per heavy atom. The van der Waals surface area contributed by atoms with Crippen LogP contribution in [0.5, 0.6) is 0 Å². The number of carbonyl (C=O) groups excluding carboxylic acids is 1. The molecule has 152 valence electrons. The van der Waals surface area contributed by atoms with Gasteiger partial charge in [-0.05, 0) is 48.7 Å². The third-order valence-electron chi connectivity index (χ3n) is 5.96. The van der Waals surface area contributed by atoms with E-state index in [1.54, 1.807) is 5.48 Å². The molecule has 5 heteroatoms. The summed E-state index contributed by atoms with van der Waals surface area (Å²) in [7, 11) is 2.19. The molecule has 0 aliphatic carbocycles. The Balaban J connectivity index is 1.61. The van der Waals surface area contributed by atoms with E-state index in [4.69, 9.17) is 5.21 Å². The third-order valence-corrected chi connectivity index (χ3v) is 5.96. The van der Waals surface area contributed by atoms with Crippen LogP contribution in [0, 0.1) is 0 Å². The van der Waals surface area contributed by atoms with Crippen LogP contribution in [0.2, 0.25) is 0 Å². The number of aromatic nitrogens is 1. The second kappa shape index (κ2) is 8.80. The van der Waals surface area contributed by atoms with Crippen LogP contribution < -0.4 is 5.48 Å². The highest BCUT2D eigenvalue weighted by atomic mass is 16.5. The van der Waals surface area contributed by atoms with Gasteiger partial charge < -0.3 is 9.47 Å². The summed E-state index contributed by atoms with van der Waals surface area (Å²) in [5.74, 6) is -0.301. The molecule has 2 aromatic carbocycles. The summed E-state index contributed by atoms with van der Waals surface area (Å²) < 4.78 is 2.50. The summed E-state index contributed by atoms with van der Waals surface area (Å²) in [5, 5.41) is 9.98. The number of nitrogens with one attached hydrogen (secondary N) is 1. The Hall–Kier alpha value is -2.63. The van der Waals surface area contributed by atoms with Gasteiger partial charge in [-0.1, -0.05) is 42.8 Å². The van der Waals surface area contributed by atoms with E-state index in [0.29, 0.717) is 6.42 Å². The summed E-state index contributed by atoms with van der Waals surface area (Å²) in [6, 6.07) is 17.4. The lowest BCUT2D eigenvalue weighted by Gasteiger charge is -2.24. The molecule has 0 saturated carbocycles. The van der Waals surface area contributed by atoms with Crippen molar-refractivity contribution in [2.24, 2.45) is 0 Å². The second-order valence-corrected chi connectivity index (χ2v) is 8.01. The van der Waals surface area contributed by atoms with E-state index in [9.17, 15) is 4.79 Å². The van der Waals surface area contributed by atoms with Gasteiger partial charge in [-0.15, -0.1) is 0 Å². The third kappa shape index (κ3) is 4.21. The average Bonchev–Trinajstić information content (AvgIpc) is 3.06. The van der Waals surface area contributed by atoms with Crippen molar-refractivity contribution in [1.29, 1.82) is 0 Å². The lowest BCUT2D eigenvalue weighted by molar-refractivity contribution is -0.129. The summed E-state index contributed by atoms with van der Waals surface area (Å²) in [6.07, 6.45) is 4.27. The van der Waals surface area contributed by atoms with Crippen LogP contribution in [-0.4, -0.2) is 34.2 Å². The molecule has 5 nitrogen and oxygen atoms in total. The van der Waals surface area contributed by atoms with Gasteiger partial charge >= 0.3 is 0 Å². The van der Waals surface area contributed by atoms with E-state index >= 15 is 0 Å². The Labute approximate surface area is 171 Å². The van der Waals surface area contributed by atoms with E-state index in [0.717, 1.165) is 45.3 Å². The molecule has 0 unspecified atom stereocenters.